The number of hydrogen-bond donors (Lipinski definition) is 0. The third-order valence-electron chi connectivity index (χ3n) is 10.6. The molecule has 0 radical (unpaired) electrons. The average molecular weight is 583 g/mol. The molecule has 4 nitrogen and oxygen atoms in total. The average Bonchev–Trinajstić information content (AvgIpc) is 3.83. The van der Waals surface area contributed by atoms with E-state index in [4.69, 9.17) is 14.2 Å². The van der Waals surface area contributed by atoms with Gasteiger partial charge in [-0.25, -0.2) is 4.79 Å². The van der Waals surface area contributed by atoms with Crippen molar-refractivity contribution >= 4 is 5.97 Å². The summed E-state index contributed by atoms with van der Waals surface area (Å²) in [6.07, 6.45) is 29.5. The van der Waals surface area contributed by atoms with Crippen LogP contribution >= 0.6 is 0 Å². The van der Waals surface area contributed by atoms with Gasteiger partial charge in [0.05, 0.1) is 12.7 Å². The fraction of sp³-hybridized carbons (Fsp3) is 0.816. The molecule has 0 bridgehead atoms. The Bertz CT molecular complexity index is 850. The van der Waals surface area contributed by atoms with Crippen molar-refractivity contribution < 1.29 is 19.0 Å². The third-order valence-corrected chi connectivity index (χ3v) is 10.6. The Morgan fingerprint density at radius 1 is 0.643 bits per heavy atom. The zero-order valence-corrected chi connectivity index (χ0v) is 27.2. The highest BCUT2D eigenvalue weighted by atomic mass is 16.6. The molecule has 0 unspecified atom stereocenters. The predicted octanol–water partition coefficient (Wildman–Crippen LogP) is 10.9. The van der Waals surface area contributed by atoms with Crippen LogP contribution in [0.4, 0.5) is 0 Å². The van der Waals surface area contributed by atoms with Gasteiger partial charge in [0.15, 0.2) is 6.10 Å². The Kier molecular flexibility index (Phi) is 15.1. The van der Waals surface area contributed by atoms with Gasteiger partial charge in [0.25, 0.3) is 0 Å². The summed E-state index contributed by atoms with van der Waals surface area (Å²) in [5.41, 5.74) is 0. The van der Waals surface area contributed by atoms with Gasteiger partial charge in [0.2, 0.25) is 0 Å². The number of carbonyl (C=O) groups excluding carboxylic acids is 1. The first-order valence-corrected chi connectivity index (χ1v) is 18.3. The van der Waals surface area contributed by atoms with E-state index in [9.17, 15) is 4.79 Å². The minimum atomic E-state index is -0.378. The van der Waals surface area contributed by atoms with Crippen LogP contribution < -0.4 is 9.47 Å². The molecule has 3 fully saturated rings. The highest BCUT2D eigenvalue weighted by Crippen LogP contribution is 2.46. The van der Waals surface area contributed by atoms with Crippen molar-refractivity contribution in [2.75, 3.05) is 6.61 Å². The number of ether oxygens (including phenoxy) is 3. The Morgan fingerprint density at radius 2 is 1.14 bits per heavy atom. The van der Waals surface area contributed by atoms with Crippen LogP contribution in [0.1, 0.15) is 155 Å². The van der Waals surface area contributed by atoms with Gasteiger partial charge in [0, 0.05) is 0 Å². The minimum Gasteiger partial charge on any atom is -0.494 e. The number of esters is 1. The Morgan fingerprint density at radius 3 is 1.76 bits per heavy atom. The lowest BCUT2D eigenvalue weighted by Gasteiger charge is -2.37. The Hall–Kier alpha value is -1.55. The predicted molar refractivity (Wildman–Crippen MR) is 173 cm³/mol. The summed E-state index contributed by atoms with van der Waals surface area (Å²) >= 11 is 0. The summed E-state index contributed by atoms with van der Waals surface area (Å²) in [5.74, 6) is 4.53. The normalized spacial score (nSPS) is 27.5. The van der Waals surface area contributed by atoms with Crippen molar-refractivity contribution in [3.63, 3.8) is 0 Å². The van der Waals surface area contributed by atoms with Crippen LogP contribution in [0.25, 0.3) is 0 Å². The molecule has 2 atom stereocenters. The van der Waals surface area contributed by atoms with Crippen molar-refractivity contribution in [2.24, 2.45) is 23.7 Å². The molecule has 0 amide bonds. The molecular formula is C38H62O4. The molecule has 1 aliphatic heterocycles. The number of epoxide rings is 1. The van der Waals surface area contributed by atoms with Gasteiger partial charge in [-0.2, -0.15) is 0 Å². The van der Waals surface area contributed by atoms with Gasteiger partial charge in [-0.3, -0.25) is 0 Å². The van der Waals surface area contributed by atoms with Crippen LogP contribution in [-0.2, 0) is 9.53 Å². The fourth-order valence-corrected chi connectivity index (χ4v) is 7.81. The van der Waals surface area contributed by atoms with Gasteiger partial charge >= 0.3 is 5.97 Å². The van der Waals surface area contributed by atoms with Gasteiger partial charge in [-0.15, -0.1) is 0 Å². The topological polar surface area (TPSA) is 48.1 Å². The number of benzene rings is 1. The molecule has 3 aliphatic rings. The zero-order chi connectivity index (χ0) is 29.4. The molecule has 1 saturated heterocycles. The molecular weight excluding hydrogens is 520 g/mol. The van der Waals surface area contributed by atoms with Crippen LogP contribution in [0.3, 0.4) is 0 Å². The zero-order valence-electron chi connectivity index (χ0n) is 27.2. The van der Waals surface area contributed by atoms with Crippen LogP contribution in [0, 0.1) is 23.7 Å². The first-order valence-electron chi connectivity index (χ1n) is 18.3. The van der Waals surface area contributed by atoms with E-state index in [-0.39, 0.29) is 18.2 Å². The maximum atomic E-state index is 12.8. The number of carbonyl (C=O) groups is 1. The van der Waals surface area contributed by atoms with Crippen molar-refractivity contribution in [2.45, 2.75) is 167 Å². The number of hydrogen-bond acceptors (Lipinski definition) is 4. The lowest BCUT2D eigenvalue weighted by atomic mass is 9.68. The molecule has 238 valence electrons. The molecule has 42 heavy (non-hydrogen) atoms. The van der Waals surface area contributed by atoms with Gasteiger partial charge in [-0.05, 0) is 92.9 Å². The van der Waals surface area contributed by atoms with Gasteiger partial charge in [0.1, 0.15) is 11.5 Å². The maximum absolute atomic E-state index is 12.8. The van der Waals surface area contributed by atoms with Crippen molar-refractivity contribution in [1.82, 2.24) is 0 Å². The molecule has 1 heterocycles. The summed E-state index contributed by atoms with van der Waals surface area (Å²) in [7, 11) is 0. The minimum absolute atomic E-state index is 0.0659. The monoisotopic (exact) mass is 582 g/mol. The smallest absolute Gasteiger partial charge is 0.343 e. The molecule has 1 aromatic rings. The summed E-state index contributed by atoms with van der Waals surface area (Å²) in [6, 6.07) is 7.48. The summed E-state index contributed by atoms with van der Waals surface area (Å²) in [4.78, 5) is 12.8. The second kappa shape index (κ2) is 19.0. The molecule has 0 spiro atoms. The van der Waals surface area contributed by atoms with E-state index in [0.717, 1.165) is 36.5 Å². The van der Waals surface area contributed by atoms with Crippen LogP contribution in [0.2, 0.25) is 0 Å². The van der Waals surface area contributed by atoms with Crippen LogP contribution in [0.15, 0.2) is 24.3 Å². The van der Waals surface area contributed by atoms with E-state index in [1.165, 1.54) is 135 Å². The molecule has 2 aliphatic carbocycles. The fourth-order valence-electron chi connectivity index (χ4n) is 7.81. The highest BCUT2D eigenvalue weighted by molar-refractivity contribution is 5.80. The molecule has 1 aromatic carbocycles. The second-order valence-electron chi connectivity index (χ2n) is 13.9. The van der Waals surface area contributed by atoms with E-state index < -0.39 is 0 Å². The Labute approximate surface area is 258 Å². The van der Waals surface area contributed by atoms with Gasteiger partial charge in [-0.1, -0.05) is 110 Å². The quantitative estimate of drug-likeness (QED) is 0.0664. The first kappa shape index (κ1) is 33.3. The standard InChI is InChI=1S/C38H62O4/c1-3-5-7-9-10-11-13-15-29-40-34-25-27-35(28-26-34)41-38(39)37-36(42-37)33-23-21-32(22-24-33)31-19-17-30(18-20-31)16-14-12-8-6-4-2/h25-28,30-33,36-37H,3-24,29H2,1-2H3/t30?,31?,32?,33?,36-,37+/m0/s1. The number of rotatable bonds is 20. The Balaban J connectivity index is 1.04. The first-order chi connectivity index (χ1) is 20.7. The lowest BCUT2D eigenvalue weighted by Crippen LogP contribution is -2.28. The highest BCUT2D eigenvalue weighted by Gasteiger charge is 2.51. The van der Waals surface area contributed by atoms with E-state index in [1.54, 1.807) is 0 Å². The SMILES string of the molecule is CCCCCCCCCCOc1ccc(OC(=O)[C@@H]2O[C@H]2C2CCC(C3CCC(CCCCCCC)CC3)CC2)cc1. The summed E-state index contributed by atoms with van der Waals surface area (Å²) < 4.78 is 17.4. The summed E-state index contributed by atoms with van der Waals surface area (Å²) in [5, 5.41) is 0. The van der Waals surface area contributed by atoms with Crippen LogP contribution in [-0.4, -0.2) is 24.8 Å². The van der Waals surface area contributed by atoms with E-state index in [0.29, 0.717) is 11.7 Å². The van der Waals surface area contributed by atoms with E-state index in [2.05, 4.69) is 13.8 Å². The maximum Gasteiger partial charge on any atom is 0.343 e. The van der Waals surface area contributed by atoms with Crippen molar-refractivity contribution in [3.8, 4) is 11.5 Å². The molecule has 0 N–H and O–H groups in total. The van der Waals surface area contributed by atoms with E-state index >= 15 is 0 Å². The van der Waals surface area contributed by atoms with Crippen LogP contribution in [0.5, 0.6) is 11.5 Å². The third kappa shape index (κ3) is 11.5. The van der Waals surface area contributed by atoms with Gasteiger partial charge < -0.3 is 14.2 Å². The largest absolute Gasteiger partial charge is 0.494 e. The molecule has 4 heteroatoms. The van der Waals surface area contributed by atoms with Crippen molar-refractivity contribution in [1.29, 1.82) is 0 Å². The molecule has 4 rings (SSSR count). The lowest BCUT2D eigenvalue weighted by molar-refractivity contribution is -0.135. The second-order valence-corrected chi connectivity index (χ2v) is 13.9. The number of unbranched alkanes of at least 4 members (excludes halogenated alkanes) is 11. The summed E-state index contributed by atoms with van der Waals surface area (Å²) in [6.45, 7) is 5.31. The van der Waals surface area contributed by atoms with Crippen molar-refractivity contribution in [3.05, 3.63) is 24.3 Å². The molecule has 0 aromatic heterocycles. The molecule has 2 saturated carbocycles. The van der Waals surface area contributed by atoms with E-state index in [1.807, 2.05) is 24.3 Å².